The maximum atomic E-state index is 5.81. The summed E-state index contributed by atoms with van der Waals surface area (Å²) in [4.78, 5) is 4.31. The second-order valence-corrected chi connectivity index (χ2v) is 5.90. The molecule has 0 radical (unpaired) electrons. The van der Waals surface area contributed by atoms with E-state index in [1.165, 1.54) is 0 Å². The molecule has 72 valence electrons. The number of aromatic nitrogens is 1. The molecule has 0 aromatic carbocycles. The zero-order valence-electron chi connectivity index (χ0n) is 8.17. The summed E-state index contributed by atoms with van der Waals surface area (Å²) in [5.74, 6) is 0.534. The van der Waals surface area contributed by atoms with E-state index in [4.69, 9.17) is 11.6 Å². The van der Waals surface area contributed by atoms with Crippen molar-refractivity contribution >= 4 is 23.4 Å². The van der Waals surface area contributed by atoms with E-state index >= 15 is 0 Å². The molecule has 0 bridgehead atoms. The van der Waals surface area contributed by atoms with Crippen LogP contribution in [0.4, 0.5) is 0 Å². The largest absolute Gasteiger partial charge is 0.250 e. The summed E-state index contributed by atoms with van der Waals surface area (Å²) in [5.41, 5.74) is 1.11. The molecule has 1 heterocycles. The first kappa shape index (κ1) is 10.9. The first-order valence-electron chi connectivity index (χ1n) is 4.22. The molecule has 0 aliphatic carbocycles. The SMILES string of the molecule is CC(C)(C)Sc1ncccc1CCl. The molecule has 1 rings (SSSR count). The van der Waals surface area contributed by atoms with E-state index in [1.807, 2.05) is 18.3 Å². The van der Waals surface area contributed by atoms with Gasteiger partial charge in [0.15, 0.2) is 0 Å². The third-order valence-corrected chi connectivity index (χ3v) is 2.86. The van der Waals surface area contributed by atoms with Crippen LogP contribution in [-0.2, 0) is 5.88 Å². The van der Waals surface area contributed by atoms with Crippen LogP contribution in [-0.4, -0.2) is 9.73 Å². The summed E-state index contributed by atoms with van der Waals surface area (Å²) in [5, 5.41) is 1.05. The Labute approximate surface area is 88.9 Å². The minimum absolute atomic E-state index is 0.190. The molecule has 0 saturated carbocycles. The van der Waals surface area contributed by atoms with Crippen LogP contribution in [0.2, 0.25) is 0 Å². The van der Waals surface area contributed by atoms with Gasteiger partial charge in [0.05, 0.1) is 5.88 Å². The van der Waals surface area contributed by atoms with Crippen molar-refractivity contribution in [1.29, 1.82) is 0 Å². The van der Waals surface area contributed by atoms with E-state index < -0.39 is 0 Å². The second kappa shape index (κ2) is 4.34. The maximum absolute atomic E-state index is 5.81. The minimum atomic E-state index is 0.190. The molecule has 0 atom stereocenters. The number of thioether (sulfide) groups is 1. The van der Waals surface area contributed by atoms with E-state index in [2.05, 4.69) is 25.8 Å². The highest BCUT2D eigenvalue weighted by Crippen LogP contribution is 2.32. The van der Waals surface area contributed by atoms with Gasteiger partial charge in [-0.15, -0.1) is 23.4 Å². The summed E-state index contributed by atoms with van der Waals surface area (Å²) < 4.78 is 0.190. The quantitative estimate of drug-likeness (QED) is 0.551. The van der Waals surface area contributed by atoms with Gasteiger partial charge >= 0.3 is 0 Å². The molecule has 1 aromatic rings. The third-order valence-electron chi connectivity index (χ3n) is 1.40. The topological polar surface area (TPSA) is 12.9 Å². The van der Waals surface area contributed by atoms with Crippen LogP contribution >= 0.6 is 23.4 Å². The smallest absolute Gasteiger partial charge is 0.101 e. The van der Waals surface area contributed by atoms with Gasteiger partial charge < -0.3 is 0 Å². The van der Waals surface area contributed by atoms with Gasteiger partial charge in [-0.2, -0.15) is 0 Å². The van der Waals surface area contributed by atoms with Crippen LogP contribution in [0.1, 0.15) is 26.3 Å². The van der Waals surface area contributed by atoms with Crippen LogP contribution in [0.5, 0.6) is 0 Å². The highest BCUT2D eigenvalue weighted by molar-refractivity contribution is 8.00. The van der Waals surface area contributed by atoms with E-state index in [0.717, 1.165) is 10.6 Å². The van der Waals surface area contributed by atoms with Crippen LogP contribution in [0.15, 0.2) is 23.4 Å². The Kier molecular flexibility index (Phi) is 3.63. The van der Waals surface area contributed by atoms with Crippen LogP contribution < -0.4 is 0 Å². The number of halogens is 1. The summed E-state index contributed by atoms with van der Waals surface area (Å²) in [7, 11) is 0. The van der Waals surface area contributed by atoms with Gasteiger partial charge in [-0.25, -0.2) is 4.98 Å². The van der Waals surface area contributed by atoms with Crippen LogP contribution in [0, 0.1) is 0 Å². The molecule has 0 aliphatic heterocycles. The lowest BCUT2D eigenvalue weighted by Crippen LogP contribution is -2.08. The summed E-state index contributed by atoms with van der Waals surface area (Å²) in [6, 6.07) is 3.94. The molecule has 0 fully saturated rings. The van der Waals surface area contributed by atoms with Gasteiger partial charge in [0.1, 0.15) is 5.03 Å². The van der Waals surface area contributed by atoms with E-state index in [1.54, 1.807) is 11.8 Å². The number of hydrogen-bond acceptors (Lipinski definition) is 2. The highest BCUT2D eigenvalue weighted by Gasteiger charge is 2.14. The van der Waals surface area contributed by atoms with Crippen molar-refractivity contribution in [2.45, 2.75) is 36.4 Å². The fourth-order valence-corrected chi connectivity index (χ4v) is 2.17. The summed E-state index contributed by atoms with van der Waals surface area (Å²) in [6.45, 7) is 6.51. The average molecular weight is 216 g/mol. The van der Waals surface area contributed by atoms with Gasteiger partial charge in [-0.1, -0.05) is 26.8 Å². The number of nitrogens with zero attached hydrogens (tertiary/aromatic N) is 1. The molecule has 0 amide bonds. The Bertz CT molecular complexity index is 280. The average Bonchev–Trinajstić information content (AvgIpc) is 2.02. The van der Waals surface area contributed by atoms with Crippen molar-refractivity contribution in [3.8, 4) is 0 Å². The molecule has 3 heteroatoms. The zero-order valence-corrected chi connectivity index (χ0v) is 9.75. The fraction of sp³-hybridized carbons (Fsp3) is 0.500. The monoisotopic (exact) mass is 215 g/mol. The Morgan fingerprint density at radius 1 is 1.46 bits per heavy atom. The van der Waals surface area contributed by atoms with E-state index in [-0.39, 0.29) is 4.75 Å². The van der Waals surface area contributed by atoms with Gasteiger partial charge in [0.25, 0.3) is 0 Å². The van der Waals surface area contributed by atoms with Gasteiger partial charge in [-0.3, -0.25) is 0 Å². The molecule has 1 aromatic heterocycles. The molecule has 0 N–H and O–H groups in total. The summed E-state index contributed by atoms with van der Waals surface area (Å²) >= 11 is 7.56. The first-order chi connectivity index (χ1) is 6.03. The molecule has 0 unspecified atom stereocenters. The Balaban J connectivity index is 2.87. The molecular weight excluding hydrogens is 202 g/mol. The molecule has 0 spiro atoms. The zero-order chi connectivity index (χ0) is 9.90. The lowest BCUT2D eigenvalue weighted by atomic mass is 10.3. The number of pyridine rings is 1. The van der Waals surface area contributed by atoms with Crippen molar-refractivity contribution < 1.29 is 0 Å². The van der Waals surface area contributed by atoms with Gasteiger partial charge in [0, 0.05) is 10.9 Å². The normalized spacial score (nSPS) is 11.7. The van der Waals surface area contributed by atoms with Crippen molar-refractivity contribution in [2.75, 3.05) is 0 Å². The Hall–Kier alpha value is -0.210. The molecule has 13 heavy (non-hydrogen) atoms. The van der Waals surface area contributed by atoms with Crippen LogP contribution in [0.3, 0.4) is 0 Å². The molecular formula is C10H14ClNS. The number of rotatable bonds is 2. The predicted molar refractivity (Wildman–Crippen MR) is 59.4 cm³/mol. The Morgan fingerprint density at radius 3 is 2.69 bits per heavy atom. The van der Waals surface area contributed by atoms with Crippen LogP contribution in [0.25, 0.3) is 0 Å². The van der Waals surface area contributed by atoms with Crippen molar-refractivity contribution in [2.24, 2.45) is 0 Å². The number of hydrogen-bond donors (Lipinski definition) is 0. The van der Waals surface area contributed by atoms with Crippen molar-refractivity contribution in [3.63, 3.8) is 0 Å². The van der Waals surface area contributed by atoms with Gasteiger partial charge in [-0.05, 0) is 11.6 Å². The van der Waals surface area contributed by atoms with E-state index in [0.29, 0.717) is 5.88 Å². The molecule has 0 aliphatic rings. The fourth-order valence-electron chi connectivity index (χ4n) is 0.908. The highest BCUT2D eigenvalue weighted by atomic mass is 35.5. The van der Waals surface area contributed by atoms with Crippen molar-refractivity contribution in [3.05, 3.63) is 23.9 Å². The molecule has 1 nitrogen and oxygen atoms in total. The Morgan fingerprint density at radius 2 is 2.15 bits per heavy atom. The minimum Gasteiger partial charge on any atom is -0.250 e. The molecule has 0 saturated heterocycles. The number of alkyl halides is 1. The lowest BCUT2D eigenvalue weighted by Gasteiger charge is -2.18. The maximum Gasteiger partial charge on any atom is 0.101 e. The third kappa shape index (κ3) is 3.57. The van der Waals surface area contributed by atoms with E-state index in [9.17, 15) is 0 Å². The van der Waals surface area contributed by atoms with Crippen molar-refractivity contribution in [1.82, 2.24) is 4.98 Å². The first-order valence-corrected chi connectivity index (χ1v) is 5.57. The summed E-state index contributed by atoms with van der Waals surface area (Å²) in [6.07, 6.45) is 1.81. The standard InChI is InChI=1S/C10H14ClNS/c1-10(2,3)13-9-8(7-11)5-4-6-12-9/h4-6H,7H2,1-3H3. The lowest BCUT2D eigenvalue weighted by molar-refractivity contribution is 0.797. The second-order valence-electron chi connectivity index (χ2n) is 3.82. The van der Waals surface area contributed by atoms with Gasteiger partial charge in [0.2, 0.25) is 0 Å². The predicted octanol–water partition coefficient (Wildman–Crippen LogP) is 3.71.